The molecule has 1 fully saturated rings. The van der Waals surface area contributed by atoms with E-state index >= 15 is 0 Å². The van der Waals surface area contributed by atoms with Gasteiger partial charge in [-0.2, -0.15) is 9.40 Å². The van der Waals surface area contributed by atoms with Crippen molar-refractivity contribution in [1.29, 1.82) is 0 Å². The molecule has 0 atom stereocenters. The van der Waals surface area contributed by atoms with E-state index in [0.717, 1.165) is 5.56 Å². The Kier molecular flexibility index (Phi) is 6.83. The molecular formula is C24H27FN4O4S. The van der Waals surface area contributed by atoms with Crippen LogP contribution in [0.2, 0.25) is 0 Å². The average molecular weight is 487 g/mol. The van der Waals surface area contributed by atoms with Gasteiger partial charge in [0.1, 0.15) is 10.7 Å². The zero-order valence-electron chi connectivity index (χ0n) is 19.3. The Morgan fingerprint density at radius 1 is 1.09 bits per heavy atom. The SMILES string of the molecule is Cc1cc(F)ccc1NC(=O)c1ccc(Cn2nc(C)c(S(=O)(=O)N3CCOCC3)c2C)cc1. The van der Waals surface area contributed by atoms with Crippen LogP contribution in [0.4, 0.5) is 10.1 Å². The van der Waals surface area contributed by atoms with Crippen molar-refractivity contribution in [3.05, 3.63) is 76.4 Å². The third-order valence-corrected chi connectivity index (χ3v) is 8.02. The van der Waals surface area contributed by atoms with E-state index in [1.165, 1.54) is 22.5 Å². The van der Waals surface area contributed by atoms with Crippen molar-refractivity contribution in [2.45, 2.75) is 32.2 Å². The number of sulfonamides is 1. The normalized spacial score (nSPS) is 14.8. The number of ether oxygens (including phenoxy) is 1. The number of anilines is 1. The molecule has 10 heteroatoms. The molecule has 1 aliphatic heterocycles. The number of hydrogen-bond donors (Lipinski definition) is 1. The Morgan fingerprint density at radius 2 is 1.76 bits per heavy atom. The maximum Gasteiger partial charge on any atom is 0.255 e. The van der Waals surface area contributed by atoms with E-state index < -0.39 is 10.0 Å². The van der Waals surface area contributed by atoms with E-state index in [1.807, 2.05) is 0 Å². The molecule has 2 aromatic carbocycles. The summed E-state index contributed by atoms with van der Waals surface area (Å²) in [5, 5.41) is 7.25. The number of halogens is 1. The van der Waals surface area contributed by atoms with Crippen molar-refractivity contribution in [1.82, 2.24) is 14.1 Å². The number of morpholine rings is 1. The summed E-state index contributed by atoms with van der Waals surface area (Å²) in [7, 11) is -3.66. The van der Waals surface area contributed by atoms with E-state index in [-0.39, 0.29) is 16.6 Å². The van der Waals surface area contributed by atoms with Crippen LogP contribution in [0.1, 0.15) is 32.9 Å². The molecule has 0 aliphatic carbocycles. The topological polar surface area (TPSA) is 93.5 Å². The number of benzene rings is 2. The number of hydrogen-bond acceptors (Lipinski definition) is 5. The van der Waals surface area contributed by atoms with Crippen LogP contribution < -0.4 is 5.32 Å². The van der Waals surface area contributed by atoms with Crippen molar-refractivity contribution in [2.24, 2.45) is 0 Å². The molecule has 1 N–H and O–H groups in total. The fourth-order valence-corrected chi connectivity index (χ4v) is 5.80. The summed E-state index contributed by atoms with van der Waals surface area (Å²) in [6, 6.07) is 11.2. The molecule has 0 saturated carbocycles. The fourth-order valence-electron chi connectivity index (χ4n) is 4.02. The first-order chi connectivity index (χ1) is 16.2. The Labute approximate surface area is 198 Å². The Bertz CT molecular complexity index is 1310. The zero-order valence-corrected chi connectivity index (χ0v) is 20.2. The summed E-state index contributed by atoms with van der Waals surface area (Å²) in [6.07, 6.45) is 0. The number of rotatable bonds is 6. The summed E-state index contributed by atoms with van der Waals surface area (Å²) < 4.78 is 48.0. The Hall–Kier alpha value is -3.08. The van der Waals surface area contributed by atoms with E-state index in [9.17, 15) is 17.6 Å². The van der Waals surface area contributed by atoms with E-state index in [1.54, 1.807) is 49.7 Å². The van der Waals surface area contributed by atoms with Crippen LogP contribution in [-0.4, -0.2) is 54.7 Å². The first kappa shape index (κ1) is 24.1. The van der Waals surface area contributed by atoms with Gasteiger partial charge in [-0.05, 0) is 62.2 Å². The second-order valence-electron chi connectivity index (χ2n) is 8.28. The molecular weight excluding hydrogens is 459 g/mol. The number of carbonyl (C=O) groups excluding carboxylic acids is 1. The summed E-state index contributed by atoms with van der Waals surface area (Å²) in [5.41, 5.74) is 3.53. The smallest absolute Gasteiger partial charge is 0.255 e. The third kappa shape index (κ3) is 4.89. The highest BCUT2D eigenvalue weighted by atomic mass is 32.2. The van der Waals surface area contributed by atoms with Gasteiger partial charge in [-0.1, -0.05) is 12.1 Å². The minimum absolute atomic E-state index is 0.236. The highest BCUT2D eigenvalue weighted by Crippen LogP contribution is 2.25. The van der Waals surface area contributed by atoms with Crippen LogP contribution >= 0.6 is 0 Å². The first-order valence-electron chi connectivity index (χ1n) is 10.9. The molecule has 0 bridgehead atoms. The molecule has 1 aromatic heterocycles. The van der Waals surface area contributed by atoms with Gasteiger partial charge >= 0.3 is 0 Å². The molecule has 1 aliphatic rings. The van der Waals surface area contributed by atoms with Crippen LogP contribution in [-0.2, 0) is 21.3 Å². The van der Waals surface area contributed by atoms with Gasteiger partial charge in [0.2, 0.25) is 10.0 Å². The van der Waals surface area contributed by atoms with Crippen LogP contribution in [0.25, 0.3) is 0 Å². The lowest BCUT2D eigenvalue weighted by molar-refractivity contribution is 0.0730. The largest absolute Gasteiger partial charge is 0.379 e. The number of aromatic nitrogens is 2. The van der Waals surface area contributed by atoms with Crippen molar-refractivity contribution in [2.75, 3.05) is 31.6 Å². The lowest BCUT2D eigenvalue weighted by atomic mass is 10.1. The monoisotopic (exact) mass is 486 g/mol. The molecule has 8 nitrogen and oxygen atoms in total. The number of nitrogens with zero attached hydrogens (tertiary/aromatic N) is 3. The van der Waals surface area contributed by atoms with Crippen molar-refractivity contribution in [3.63, 3.8) is 0 Å². The summed E-state index contributed by atoms with van der Waals surface area (Å²) in [6.45, 7) is 6.95. The van der Waals surface area contributed by atoms with Crippen molar-refractivity contribution < 1.29 is 22.3 Å². The molecule has 0 unspecified atom stereocenters. The standard InChI is InChI=1S/C24H27FN4O4S/c1-16-14-21(25)8-9-22(16)26-24(30)20-6-4-19(5-7-20)15-29-18(3)23(17(2)27-29)34(31,32)28-10-12-33-13-11-28/h4-9,14H,10-13,15H2,1-3H3,(H,26,30). The number of aryl methyl sites for hydroxylation is 2. The molecule has 3 aromatic rings. The minimum atomic E-state index is -3.66. The summed E-state index contributed by atoms with van der Waals surface area (Å²) in [4.78, 5) is 12.8. The number of amides is 1. The van der Waals surface area contributed by atoms with Gasteiger partial charge in [-0.25, -0.2) is 12.8 Å². The second-order valence-corrected chi connectivity index (χ2v) is 10.2. The number of nitrogens with one attached hydrogen (secondary N) is 1. The van der Waals surface area contributed by atoms with Crippen molar-refractivity contribution in [3.8, 4) is 0 Å². The Balaban J connectivity index is 1.49. The molecule has 2 heterocycles. The minimum Gasteiger partial charge on any atom is -0.379 e. The van der Waals surface area contributed by atoms with Gasteiger partial charge < -0.3 is 10.1 Å². The average Bonchev–Trinajstić information content (AvgIpc) is 3.10. The molecule has 0 radical (unpaired) electrons. The molecule has 180 valence electrons. The summed E-state index contributed by atoms with van der Waals surface area (Å²) in [5.74, 6) is -0.656. The van der Waals surface area contributed by atoms with Crippen molar-refractivity contribution >= 4 is 21.6 Å². The van der Waals surface area contributed by atoms with Gasteiger partial charge in [0, 0.05) is 24.3 Å². The molecule has 1 saturated heterocycles. The van der Waals surface area contributed by atoms with Crippen LogP contribution in [0.15, 0.2) is 47.4 Å². The van der Waals surface area contributed by atoms with E-state index in [4.69, 9.17) is 4.74 Å². The maximum absolute atomic E-state index is 13.3. The van der Waals surface area contributed by atoms with Gasteiger partial charge in [0.25, 0.3) is 5.91 Å². The van der Waals surface area contributed by atoms with Gasteiger partial charge in [0.15, 0.2) is 0 Å². The molecule has 34 heavy (non-hydrogen) atoms. The fraction of sp³-hybridized carbons (Fsp3) is 0.333. The predicted octanol–water partition coefficient (Wildman–Crippen LogP) is 3.27. The van der Waals surface area contributed by atoms with E-state index in [2.05, 4.69) is 10.4 Å². The Morgan fingerprint density at radius 3 is 2.41 bits per heavy atom. The van der Waals surface area contributed by atoms with Crippen LogP contribution in [0, 0.1) is 26.6 Å². The molecule has 1 amide bonds. The van der Waals surface area contributed by atoms with Gasteiger partial charge in [-0.3, -0.25) is 9.48 Å². The summed E-state index contributed by atoms with van der Waals surface area (Å²) >= 11 is 0. The highest BCUT2D eigenvalue weighted by molar-refractivity contribution is 7.89. The lowest BCUT2D eigenvalue weighted by Gasteiger charge is -2.26. The zero-order chi connectivity index (χ0) is 24.5. The maximum atomic E-state index is 13.3. The van der Waals surface area contributed by atoms with Gasteiger partial charge in [0.05, 0.1) is 31.1 Å². The van der Waals surface area contributed by atoms with Crippen LogP contribution in [0.5, 0.6) is 0 Å². The molecule has 0 spiro atoms. The van der Waals surface area contributed by atoms with Gasteiger partial charge in [-0.15, -0.1) is 0 Å². The number of carbonyl (C=O) groups is 1. The predicted molar refractivity (Wildman–Crippen MR) is 126 cm³/mol. The van der Waals surface area contributed by atoms with E-state index in [0.29, 0.717) is 61.1 Å². The molecule has 4 rings (SSSR count). The quantitative estimate of drug-likeness (QED) is 0.577. The third-order valence-electron chi connectivity index (χ3n) is 5.87. The van der Waals surface area contributed by atoms with Crippen LogP contribution in [0.3, 0.4) is 0 Å². The second kappa shape index (κ2) is 9.65. The highest BCUT2D eigenvalue weighted by Gasteiger charge is 2.32. The first-order valence-corrected chi connectivity index (χ1v) is 12.4. The lowest BCUT2D eigenvalue weighted by Crippen LogP contribution is -2.41.